The Morgan fingerprint density at radius 1 is 0.467 bits per heavy atom. The van der Waals surface area contributed by atoms with Crippen molar-refractivity contribution in [3.8, 4) is 6.07 Å². The molecule has 5 N–H and O–H groups in total. The lowest BCUT2D eigenvalue weighted by Crippen LogP contribution is -2.08. The quantitative estimate of drug-likeness (QED) is 0.247. The van der Waals surface area contributed by atoms with Crippen molar-refractivity contribution in [2.24, 2.45) is 0 Å². The van der Waals surface area contributed by atoms with Gasteiger partial charge in [-0.25, -0.2) is 29.9 Å². The predicted octanol–water partition coefficient (Wildman–Crippen LogP) is 1.38. The van der Waals surface area contributed by atoms with E-state index in [1.54, 1.807) is 0 Å². The number of nitrogens with one attached hydrogen (secondary N) is 5. The van der Waals surface area contributed by atoms with E-state index in [-0.39, 0.29) is 67.3 Å². The zero-order valence-corrected chi connectivity index (χ0v) is 15.0. The third kappa shape index (κ3) is 2.50. The summed E-state index contributed by atoms with van der Waals surface area (Å²) < 4.78 is 0. The molecular weight excluding hydrogens is 384 g/mol. The molecule has 0 unspecified atom stereocenters. The Hall–Kier alpha value is -4.92. The lowest BCUT2D eigenvalue weighted by Gasteiger charge is -2.11. The van der Waals surface area contributed by atoms with Gasteiger partial charge in [0.1, 0.15) is 67.6 Å². The van der Waals surface area contributed by atoms with Crippen molar-refractivity contribution < 1.29 is 0 Å². The molecule has 4 rings (SSSR count). The molecule has 12 nitrogen and oxygen atoms in total. The first-order valence-electron chi connectivity index (χ1n) is 8.29. The van der Waals surface area contributed by atoms with Crippen molar-refractivity contribution in [1.29, 1.82) is 32.3 Å². The van der Waals surface area contributed by atoms with Crippen LogP contribution in [0, 0.1) is 38.4 Å². The maximum absolute atomic E-state index is 9.39. The molecule has 0 bridgehead atoms. The van der Waals surface area contributed by atoms with Gasteiger partial charge in [0.2, 0.25) is 0 Å². The van der Waals surface area contributed by atoms with Crippen LogP contribution in [-0.2, 0) is 0 Å². The molecular formula is C18H10N12. The molecule has 0 aliphatic heterocycles. The van der Waals surface area contributed by atoms with Crippen molar-refractivity contribution in [3.63, 3.8) is 0 Å². The van der Waals surface area contributed by atoms with E-state index in [9.17, 15) is 5.26 Å². The normalized spacial score (nSPS) is 10.6. The average molecular weight is 394 g/mol. The van der Waals surface area contributed by atoms with Gasteiger partial charge in [-0.1, -0.05) is 0 Å². The Morgan fingerprint density at radius 2 is 0.733 bits per heavy atom. The van der Waals surface area contributed by atoms with Gasteiger partial charge in [0.25, 0.3) is 0 Å². The summed E-state index contributed by atoms with van der Waals surface area (Å²) in [5.74, 6) is 0. The number of hydrogen-bond donors (Lipinski definition) is 5. The predicted molar refractivity (Wildman–Crippen MR) is 110 cm³/mol. The Bertz CT molecular complexity index is 1450. The highest BCUT2D eigenvalue weighted by molar-refractivity contribution is 6.19. The first-order valence-corrected chi connectivity index (χ1v) is 8.29. The van der Waals surface area contributed by atoms with Crippen molar-refractivity contribution >= 4 is 64.2 Å². The number of nitriles is 1. The molecule has 0 spiro atoms. The summed E-state index contributed by atoms with van der Waals surface area (Å²) >= 11 is 0. The largest absolute Gasteiger partial charge is 0.306 e. The number of nitrogens with zero attached hydrogens (tertiary/aromatic N) is 7. The highest BCUT2D eigenvalue weighted by Crippen LogP contribution is 2.30. The highest BCUT2D eigenvalue weighted by atomic mass is 14.9. The van der Waals surface area contributed by atoms with Crippen LogP contribution in [0.15, 0.2) is 0 Å². The lowest BCUT2D eigenvalue weighted by molar-refractivity contribution is 1.18. The summed E-state index contributed by atoms with van der Waals surface area (Å²) in [5.41, 5.74) is 1.58. The molecule has 0 radical (unpaired) electrons. The van der Waals surface area contributed by atoms with Crippen LogP contribution < -0.4 is 0 Å². The lowest BCUT2D eigenvalue weighted by atomic mass is 10.1. The molecule has 0 aliphatic carbocycles. The molecule has 0 amide bonds. The summed E-state index contributed by atoms with van der Waals surface area (Å²) in [6, 6.07) is 1.89. The summed E-state index contributed by atoms with van der Waals surface area (Å²) in [7, 11) is 0. The maximum atomic E-state index is 9.39. The number of aromatic nitrogens is 6. The fourth-order valence-corrected chi connectivity index (χ4v) is 2.97. The van der Waals surface area contributed by atoms with E-state index in [2.05, 4.69) is 29.9 Å². The molecule has 142 valence electrons. The topological polar surface area (TPSA) is 220 Å². The van der Waals surface area contributed by atoms with E-state index >= 15 is 0 Å². The van der Waals surface area contributed by atoms with Crippen molar-refractivity contribution in [2.45, 2.75) is 0 Å². The van der Waals surface area contributed by atoms with Crippen LogP contribution in [-0.4, -0.2) is 61.0 Å². The molecule has 3 aromatic heterocycles. The van der Waals surface area contributed by atoms with Crippen LogP contribution >= 0.6 is 0 Å². The molecule has 4 aromatic rings. The number of hydrogen-bond acceptors (Lipinski definition) is 12. The third-order valence-electron chi connectivity index (χ3n) is 4.29. The van der Waals surface area contributed by atoms with E-state index in [1.807, 2.05) is 6.07 Å². The van der Waals surface area contributed by atoms with Gasteiger partial charge in [-0.15, -0.1) is 0 Å². The minimum absolute atomic E-state index is 0.0244. The van der Waals surface area contributed by atoms with E-state index in [0.29, 0.717) is 0 Å². The molecule has 0 saturated carbocycles. The van der Waals surface area contributed by atoms with Crippen molar-refractivity contribution in [1.82, 2.24) is 29.9 Å². The van der Waals surface area contributed by atoms with Crippen LogP contribution in [0.3, 0.4) is 0 Å². The Morgan fingerprint density at radius 3 is 1.00 bits per heavy atom. The average Bonchev–Trinajstić information content (AvgIpc) is 2.81. The molecule has 0 saturated heterocycles. The van der Waals surface area contributed by atoms with Gasteiger partial charge >= 0.3 is 0 Å². The molecule has 30 heavy (non-hydrogen) atoms. The van der Waals surface area contributed by atoms with Gasteiger partial charge in [-0.3, -0.25) is 0 Å². The zero-order chi connectivity index (χ0) is 21.4. The van der Waals surface area contributed by atoms with Crippen LogP contribution in [0.5, 0.6) is 0 Å². The van der Waals surface area contributed by atoms with Crippen molar-refractivity contribution in [2.75, 3.05) is 0 Å². The van der Waals surface area contributed by atoms with E-state index in [1.165, 1.54) is 0 Å². The van der Waals surface area contributed by atoms with Crippen molar-refractivity contribution in [3.05, 3.63) is 34.2 Å². The number of fused-ring (bicyclic) bond motifs is 6. The molecule has 0 atom stereocenters. The highest BCUT2D eigenvalue weighted by Gasteiger charge is 2.21. The Kier molecular flexibility index (Phi) is 4.25. The Labute approximate surface area is 167 Å². The SMILES string of the molecule is N#Cc1nc2c(nc1C=N)c1nc(C=N)c(C=N)nc1c1nc(C=N)c(C=N)nc21. The molecule has 0 fully saturated rings. The first-order chi connectivity index (χ1) is 14.6. The van der Waals surface area contributed by atoms with E-state index < -0.39 is 0 Å². The number of benzene rings is 1. The van der Waals surface area contributed by atoms with Gasteiger partial charge < -0.3 is 27.0 Å². The first kappa shape index (κ1) is 18.4. The maximum Gasteiger partial charge on any atom is 0.168 e. The van der Waals surface area contributed by atoms with E-state index in [0.717, 1.165) is 31.1 Å². The summed E-state index contributed by atoms with van der Waals surface area (Å²) in [4.78, 5) is 26.2. The smallest absolute Gasteiger partial charge is 0.168 e. The summed E-state index contributed by atoms with van der Waals surface area (Å²) in [5, 5.41) is 47.2. The summed E-state index contributed by atoms with van der Waals surface area (Å²) in [6.07, 6.45) is 4.69. The van der Waals surface area contributed by atoms with Gasteiger partial charge in [0.15, 0.2) is 5.69 Å². The molecule has 12 heteroatoms. The fraction of sp³-hybridized carbons (Fsp3) is 0. The van der Waals surface area contributed by atoms with E-state index in [4.69, 9.17) is 27.0 Å². The Balaban J connectivity index is 2.39. The van der Waals surface area contributed by atoms with Gasteiger partial charge in [-0.05, 0) is 0 Å². The minimum atomic E-state index is -0.0937. The second-order valence-corrected chi connectivity index (χ2v) is 5.87. The third-order valence-corrected chi connectivity index (χ3v) is 4.29. The number of rotatable bonds is 5. The van der Waals surface area contributed by atoms with Crippen LogP contribution in [0.1, 0.15) is 34.2 Å². The summed E-state index contributed by atoms with van der Waals surface area (Å²) in [6.45, 7) is 0. The van der Waals surface area contributed by atoms with Gasteiger partial charge in [-0.2, -0.15) is 5.26 Å². The second kappa shape index (κ2) is 6.91. The van der Waals surface area contributed by atoms with Crippen LogP contribution in [0.2, 0.25) is 0 Å². The molecule has 0 aliphatic rings. The minimum Gasteiger partial charge on any atom is -0.306 e. The second-order valence-electron chi connectivity index (χ2n) is 5.87. The zero-order valence-electron chi connectivity index (χ0n) is 15.0. The van der Waals surface area contributed by atoms with Gasteiger partial charge in [0.05, 0.1) is 0 Å². The fourth-order valence-electron chi connectivity index (χ4n) is 2.97. The molecule has 1 aromatic carbocycles. The van der Waals surface area contributed by atoms with Crippen LogP contribution in [0.25, 0.3) is 33.1 Å². The monoisotopic (exact) mass is 394 g/mol. The van der Waals surface area contributed by atoms with Crippen LogP contribution in [0.4, 0.5) is 0 Å². The standard InChI is InChI=1S/C18H10N12/c19-1-7-8(2-20)26-14-13(25-7)15-17(29-10(4-22)9(3-21)27-15)18-16(14)28-11(5-23)12(6-24)30-18/h1-5,19-23H. The molecule has 3 heterocycles. The van der Waals surface area contributed by atoms with Gasteiger partial charge in [0, 0.05) is 31.1 Å².